The Morgan fingerprint density at radius 1 is 1.28 bits per heavy atom. The molecule has 1 fully saturated rings. The summed E-state index contributed by atoms with van der Waals surface area (Å²) in [5.74, 6) is 1.68. The van der Waals surface area contributed by atoms with Crippen molar-refractivity contribution in [2.75, 3.05) is 19.0 Å². The highest BCUT2D eigenvalue weighted by Crippen LogP contribution is 2.51. The summed E-state index contributed by atoms with van der Waals surface area (Å²) in [6.07, 6.45) is 3.04. The van der Waals surface area contributed by atoms with Crippen molar-refractivity contribution in [2.45, 2.75) is 18.2 Å². The van der Waals surface area contributed by atoms with Gasteiger partial charge in [0.2, 0.25) is 0 Å². The minimum Gasteiger partial charge on any atom is -0.493 e. The van der Waals surface area contributed by atoms with E-state index in [1.54, 1.807) is 37.4 Å². The highest BCUT2D eigenvalue weighted by molar-refractivity contribution is 5.95. The topological polar surface area (TPSA) is 169 Å². The molecule has 0 bridgehead atoms. The van der Waals surface area contributed by atoms with Crippen molar-refractivity contribution >= 4 is 11.5 Å². The van der Waals surface area contributed by atoms with E-state index in [9.17, 15) is 4.79 Å². The number of nitrogens with two attached hydrogens (primary N) is 1. The summed E-state index contributed by atoms with van der Waals surface area (Å²) in [7, 11) is 1.58. The number of hydrogen-bond acceptors (Lipinski definition) is 9. The molecule has 4 aromatic rings. The van der Waals surface area contributed by atoms with Crippen molar-refractivity contribution in [3.8, 4) is 17.4 Å². The van der Waals surface area contributed by atoms with Gasteiger partial charge in [0.25, 0.3) is 5.95 Å². The Hall–Kier alpha value is -4.71. The van der Waals surface area contributed by atoms with Gasteiger partial charge in [-0.3, -0.25) is 10.4 Å². The first-order chi connectivity index (χ1) is 17.5. The fourth-order valence-electron chi connectivity index (χ4n) is 4.27. The van der Waals surface area contributed by atoms with Crippen molar-refractivity contribution in [1.29, 1.82) is 5.41 Å². The van der Waals surface area contributed by atoms with Crippen LogP contribution in [0.2, 0.25) is 0 Å². The molecule has 1 saturated heterocycles. The lowest BCUT2D eigenvalue weighted by atomic mass is 9.97. The maximum absolute atomic E-state index is 12.8. The summed E-state index contributed by atoms with van der Waals surface area (Å²) in [4.78, 5) is 23.9. The number of rotatable bonds is 7. The van der Waals surface area contributed by atoms with Gasteiger partial charge >= 0.3 is 5.69 Å². The van der Waals surface area contributed by atoms with Crippen LogP contribution in [-0.4, -0.2) is 50.4 Å². The van der Waals surface area contributed by atoms with Crippen molar-refractivity contribution in [1.82, 2.24) is 24.7 Å². The standard InChI is InChI=1S/C24H22N8O4/c1-34-16-10-13(9-15-19(16)35-11-17-20(15)36-17)18(29-14-5-3-12(4-6-14)21(25)26)22-30-24(33)32(31-22)23-27-7-2-8-28-23/h2-10,17-18,20,29H,11H2,1H3,(H3,25,26)(H,30,31,33). The average molecular weight is 486 g/mol. The third kappa shape index (κ3) is 3.82. The highest BCUT2D eigenvalue weighted by atomic mass is 16.6. The zero-order valence-electron chi connectivity index (χ0n) is 19.1. The van der Waals surface area contributed by atoms with Gasteiger partial charge in [0.15, 0.2) is 17.3 Å². The SMILES string of the molecule is COc1cc(C(Nc2ccc(C(=N)N)cc2)c2nn(-c3ncccn3)c(=O)[nH]2)cc2c1OCC1OC21. The van der Waals surface area contributed by atoms with Crippen LogP contribution in [0.1, 0.15) is 34.7 Å². The van der Waals surface area contributed by atoms with Gasteiger partial charge < -0.3 is 25.3 Å². The van der Waals surface area contributed by atoms with Crippen LogP contribution in [0.5, 0.6) is 11.5 Å². The lowest BCUT2D eigenvalue weighted by molar-refractivity contribution is 0.255. The second kappa shape index (κ2) is 8.50. The molecular weight excluding hydrogens is 464 g/mol. The van der Waals surface area contributed by atoms with E-state index in [0.717, 1.165) is 21.5 Å². The normalized spacial score (nSPS) is 18.4. The van der Waals surface area contributed by atoms with E-state index in [2.05, 4.69) is 25.4 Å². The van der Waals surface area contributed by atoms with Gasteiger partial charge in [-0.05, 0) is 48.0 Å². The maximum atomic E-state index is 12.8. The van der Waals surface area contributed by atoms with E-state index >= 15 is 0 Å². The highest BCUT2D eigenvalue weighted by Gasteiger charge is 2.47. The Kier molecular flexibility index (Phi) is 5.15. The first-order valence-corrected chi connectivity index (χ1v) is 11.2. The number of amidine groups is 1. The molecular formula is C24H22N8O4. The molecule has 5 N–H and O–H groups in total. The lowest BCUT2D eigenvalue weighted by Crippen LogP contribution is -2.18. The molecule has 2 aliphatic heterocycles. The van der Waals surface area contributed by atoms with Crippen LogP contribution in [0.3, 0.4) is 0 Å². The molecule has 0 spiro atoms. The molecule has 6 rings (SSSR count). The number of nitrogen functional groups attached to an aromatic ring is 1. The van der Waals surface area contributed by atoms with Crippen LogP contribution in [-0.2, 0) is 4.74 Å². The summed E-state index contributed by atoms with van der Waals surface area (Å²) in [5.41, 5.74) is 8.10. The molecule has 36 heavy (non-hydrogen) atoms. The number of aromatic amines is 1. The van der Waals surface area contributed by atoms with E-state index < -0.39 is 11.7 Å². The molecule has 0 saturated carbocycles. The molecule has 2 aromatic heterocycles. The number of ether oxygens (including phenoxy) is 3. The summed E-state index contributed by atoms with van der Waals surface area (Å²) in [5, 5.41) is 15.6. The van der Waals surface area contributed by atoms with Crippen LogP contribution in [0.15, 0.2) is 59.7 Å². The first kappa shape index (κ1) is 21.8. The molecule has 12 nitrogen and oxygen atoms in total. The van der Waals surface area contributed by atoms with Gasteiger partial charge in [0.05, 0.1) is 7.11 Å². The van der Waals surface area contributed by atoms with E-state index in [0.29, 0.717) is 29.5 Å². The lowest BCUT2D eigenvalue weighted by Gasteiger charge is -2.23. The van der Waals surface area contributed by atoms with Gasteiger partial charge in [-0.1, -0.05) is 0 Å². The molecule has 0 radical (unpaired) electrons. The van der Waals surface area contributed by atoms with Crippen LogP contribution in [0.25, 0.3) is 5.95 Å². The number of nitrogens with zero attached hydrogens (tertiary/aromatic N) is 4. The molecule has 12 heteroatoms. The predicted octanol–water partition coefficient (Wildman–Crippen LogP) is 1.68. The summed E-state index contributed by atoms with van der Waals surface area (Å²) in [6.45, 7) is 0.479. The van der Waals surface area contributed by atoms with Crippen LogP contribution < -0.4 is 26.2 Å². The molecule has 0 aliphatic carbocycles. The number of nitrogens with one attached hydrogen (secondary N) is 3. The number of fused-ring (bicyclic) bond motifs is 3. The van der Waals surface area contributed by atoms with E-state index in [4.69, 9.17) is 25.4 Å². The molecule has 4 heterocycles. The fourth-order valence-corrected chi connectivity index (χ4v) is 4.27. The van der Waals surface area contributed by atoms with Crippen molar-refractivity contribution in [3.63, 3.8) is 0 Å². The zero-order valence-corrected chi connectivity index (χ0v) is 19.1. The second-order valence-electron chi connectivity index (χ2n) is 8.39. The Labute approximate surface area is 204 Å². The Morgan fingerprint density at radius 2 is 2.06 bits per heavy atom. The maximum Gasteiger partial charge on any atom is 0.350 e. The summed E-state index contributed by atoms with van der Waals surface area (Å²) in [6, 6.07) is 12.0. The fraction of sp³-hybridized carbons (Fsp3) is 0.208. The summed E-state index contributed by atoms with van der Waals surface area (Å²) >= 11 is 0. The number of epoxide rings is 1. The molecule has 2 aliphatic rings. The number of aromatic nitrogens is 5. The molecule has 3 atom stereocenters. The number of H-pyrrole nitrogens is 1. The third-order valence-electron chi connectivity index (χ3n) is 6.10. The third-order valence-corrected chi connectivity index (χ3v) is 6.10. The minimum absolute atomic E-state index is 0.0252. The van der Waals surface area contributed by atoms with Gasteiger partial charge in [0, 0.05) is 29.2 Å². The Morgan fingerprint density at radius 3 is 2.78 bits per heavy atom. The van der Waals surface area contributed by atoms with Crippen LogP contribution in [0, 0.1) is 5.41 Å². The Bertz CT molecular complexity index is 1500. The van der Waals surface area contributed by atoms with E-state index in [-0.39, 0.29) is 24.0 Å². The van der Waals surface area contributed by atoms with Gasteiger partial charge in [-0.2, -0.15) is 0 Å². The van der Waals surface area contributed by atoms with Crippen molar-refractivity contribution < 1.29 is 14.2 Å². The quantitative estimate of drug-likeness (QED) is 0.172. The number of methoxy groups -OCH3 is 1. The van der Waals surface area contributed by atoms with Crippen molar-refractivity contribution in [2.24, 2.45) is 5.73 Å². The predicted molar refractivity (Wildman–Crippen MR) is 129 cm³/mol. The minimum atomic E-state index is -0.593. The van der Waals surface area contributed by atoms with Crippen LogP contribution in [0.4, 0.5) is 5.69 Å². The van der Waals surface area contributed by atoms with Crippen LogP contribution >= 0.6 is 0 Å². The molecule has 3 unspecified atom stereocenters. The second-order valence-corrected chi connectivity index (χ2v) is 8.39. The largest absolute Gasteiger partial charge is 0.493 e. The Balaban J connectivity index is 1.45. The van der Waals surface area contributed by atoms with E-state index in [1.165, 1.54) is 12.4 Å². The molecule has 0 amide bonds. The molecule has 2 aromatic carbocycles. The number of benzene rings is 2. The van der Waals surface area contributed by atoms with Gasteiger partial charge in [-0.15, -0.1) is 9.78 Å². The van der Waals surface area contributed by atoms with Gasteiger partial charge in [0.1, 0.15) is 30.7 Å². The number of anilines is 1. The average Bonchev–Trinajstić information content (AvgIpc) is 3.61. The first-order valence-electron chi connectivity index (χ1n) is 11.2. The zero-order chi connectivity index (χ0) is 24.8. The van der Waals surface area contributed by atoms with Gasteiger partial charge in [-0.25, -0.2) is 14.8 Å². The smallest absolute Gasteiger partial charge is 0.350 e. The monoisotopic (exact) mass is 486 g/mol. The van der Waals surface area contributed by atoms with E-state index in [1.807, 2.05) is 12.1 Å². The summed E-state index contributed by atoms with van der Waals surface area (Å²) < 4.78 is 18.4. The van der Waals surface area contributed by atoms with Crippen molar-refractivity contribution in [3.05, 3.63) is 87.9 Å². The molecule has 182 valence electrons. The number of hydrogen-bond donors (Lipinski definition) is 4.